The van der Waals surface area contributed by atoms with Gasteiger partial charge < -0.3 is 20.8 Å². The molecule has 1 atom stereocenters. The highest BCUT2D eigenvalue weighted by molar-refractivity contribution is 7.13. The molecule has 1 rings (SSSR count). The van der Waals surface area contributed by atoms with E-state index >= 15 is 0 Å². The number of carbonyl (C=O) groups excluding carboxylic acids is 2. The summed E-state index contributed by atoms with van der Waals surface area (Å²) in [5.41, 5.74) is 0. The van der Waals surface area contributed by atoms with Crippen molar-refractivity contribution in [2.45, 2.75) is 19.4 Å². The summed E-state index contributed by atoms with van der Waals surface area (Å²) in [6.45, 7) is 1.40. The number of thiophene rings is 1. The molecule has 1 aromatic rings. The second-order valence-corrected chi connectivity index (χ2v) is 5.44. The van der Waals surface area contributed by atoms with Gasteiger partial charge in [0.05, 0.1) is 17.8 Å². The Morgan fingerprint density at radius 3 is 2.38 bits per heavy atom. The third-order valence-corrected chi connectivity index (χ3v) is 3.39. The summed E-state index contributed by atoms with van der Waals surface area (Å²) in [4.78, 5) is 45.8. The van der Waals surface area contributed by atoms with Gasteiger partial charge in [0, 0.05) is 4.88 Å². The smallest absolute Gasteiger partial charge is 0.326 e. The molecule has 0 bridgehead atoms. The maximum absolute atomic E-state index is 11.7. The molecule has 0 spiro atoms. The van der Waals surface area contributed by atoms with Gasteiger partial charge in [0.25, 0.3) is 5.91 Å². The van der Waals surface area contributed by atoms with E-state index in [1.807, 2.05) is 12.2 Å². The van der Waals surface area contributed by atoms with E-state index in [1.54, 1.807) is 12.1 Å². The Hall–Kier alpha value is -2.42. The quantitative estimate of drug-likeness (QED) is 0.552. The zero-order valence-electron chi connectivity index (χ0n) is 11.1. The van der Waals surface area contributed by atoms with Gasteiger partial charge in [-0.25, -0.2) is 4.79 Å². The van der Waals surface area contributed by atoms with Crippen LogP contribution >= 0.6 is 11.3 Å². The fraction of sp³-hybridized carbons (Fsp3) is 0.333. The van der Waals surface area contributed by atoms with E-state index < -0.39 is 42.8 Å². The number of rotatable bonds is 7. The van der Waals surface area contributed by atoms with Crippen LogP contribution in [0.15, 0.2) is 12.1 Å². The van der Waals surface area contributed by atoms with Crippen molar-refractivity contribution in [2.24, 2.45) is 0 Å². The van der Waals surface area contributed by atoms with Gasteiger partial charge in [0.15, 0.2) is 0 Å². The SMILES string of the molecule is Cc1ccc(C(=O)NCC(=O)N[C@H](CC(=O)O)C(=O)O)s1. The topological polar surface area (TPSA) is 133 Å². The Bertz CT molecular complexity index is 568. The van der Waals surface area contributed by atoms with Crippen LogP contribution in [0.4, 0.5) is 0 Å². The Kier molecular flexibility index (Phi) is 5.85. The number of aryl methyl sites for hydroxylation is 1. The first-order valence-electron chi connectivity index (χ1n) is 5.88. The Labute approximate surface area is 123 Å². The van der Waals surface area contributed by atoms with Crippen molar-refractivity contribution < 1.29 is 29.4 Å². The molecule has 0 aliphatic rings. The average Bonchev–Trinajstić information content (AvgIpc) is 2.81. The maximum Gasteiger partial charge on any atom is 0.326 e. The number of carbonyl (C=O) groups is 4. The van der Waals surface area contributed by atoms with E-state index in [0.29, 0.717) is 4.88 Å². The monoisotopic (exact) mass is 314 g/mol. The molecule has 114 valence electrons. The van der Waals surface area contributed by atoms with E-state index in [4.69, 9.17) is 10.2 Å². The lowest BCUT2D eigenvalue weighted by atomic mass is 10.2. The van der Waals surface area contributed by atoms with Gasteiger partial charge >= 0.3 is 11.9 Å². The molecule has 0 saturated carbocycles. The van der Waals surface area contributed by atoms with Crippen molar-refractivity contribution in [1.29, 1.82) is 0 Å². The third-order valence-electron chi connectivity index (χ3n) is 2.39. The summed E-state index contributed by atoms with van der Waals surface area (Å²) in [6, 6.07) is 1.83. The number of hydrogen-bond acceptors (Lipinski definition) is 5. The van der Waals surface area contributed by atoms with Crippen LogP contribution in [-0.4, -0.2) is 46.6 Å². The van der Waals surface area contributed by atoms with E-state index in [-0.39, 0.29) is 0 Å². The van der Waals surface area contributed by atoms with Crippen molar-refractivity contribution >= 4 is 35.1 Å². The van der Waals surface area contributed by atoms with Gasteiger partial charge in [0.2, 0.25) is 5.91 Å². The highest BCUT2D eigenvalue weighted by Crippen LogP contribution is 2.14. The van der Waals surface area contributed by atoms with E-state index in [9.17, 15) is 19.2 Å². The average molecular weight is 314 g/mol. The molecule has 0 saturated heterocycles. The van der Waals surface area contributed by atoms with Crippen LogP contribution in [0, 0.1) is 6.92 Å². The van der Waals surface area contributed by atoms with Gasteiger partial charge in [-0.05, 0) is 19.1 Å². The first-order valence-corrected chi connectivity index (χ1v) is 6.70. The first kappa shape index (κ1) is 16.6. The van der Waals surface area contributed by atoms with Crippen LogP contribution in [0.3, 0.4) is 0 Å². The predicted octanol–water partition coefficient (Wildman–Crippen LogP) is -0.170. The number of nitrogens with one attached hydrogen (secondary N) is 2. The molecular formula is C12H14N2O6S. The van der Waals surface area contributed by atoms with E-state index in [1.165, 1.54) is 11.3 Å². The molecule has 1 aromatic heterocycles. The maximum atomic E-state index is 11.7. The van der Waals surface area contributed by atoms with Crippen LogP contribution < -0.4 is 10.6 Å². The molecule has 21 heavy (non-hydrogen) atoms. The summed E-state index contributed by atoms with van der Waals surface area (Å²) < 4.78 is 0. The van der Waals surface area contributed by atoms with Crippen LogP contribution in [-0.2, 0) is 14.4 Å². The number of carboxylic acid groups (broad SMARTS) is 2. The lowest BCUT2D eigenvalue weighted by Gasteiger charge is -2.12. The van der Waals surface area contributed by atoms with Crippen LogP contribution in [0.5, 0.6) is 0 Å². The number of amides is 2. The van der Waals surface area contributed by atoms with Gasteiger partial charge in [-0.15, -0.1) is 11.3 Å². The molecule has 0 fully saturated rings. The summed E-state index contributed by atoms with van der Waals surface area (Å²) in [5, 5.41) is 21.7. The highest BCUT2D eigenvalue weighted by atomic mass is 32.1. The lowest BCUT2D eigenvalue weighted by Crippen LogP contribution is -2.46. The van der Waals surface area contributed by atoms with Crippen LogP contribution in [0.25, 0.3) is 0 Å². The Balaban J connectivity index is 2.47. The summed E-state index contributed by atoms with van der Waals surface area (Å²) in [6.07, 6.45) is -0.737. The van der Waals surface area contributed by atoms with Crippen molar-refractivity contribution in [3.63, 3.8) is 0 Å². The zero-order chi connectivity index (χ0) is 16.0. The third kappa shape index (κ3) is 5.61. The highest BCUT2D eigenvalue weighted by Gasteiger charge is 2.23. The molecule has 0 aliphatic carbocycles. The fourth-order valence-electron chi connectivity index (χ4n) is 1.42. The van der Waals surface area contributed by atoms with E-state index in [2.05, 4.69) is 5.32 Å². The fourth-order valence-corrected chi connectivity index (χ4v) is 2.21. The first-order chi connectivity index (χ1) is 9.79. The molecule has 1 heterocycles. The van der Waals surface area contributed by atoms with Crippen molar-refractivity contribution in [3.05, 3.63) is 21.9 Å². The zero-order valence-corrected chi connectivity index (χ0v) is 11.9. The number of hydrogen-bond donors (Lipinski definition) is 4. The lowest BCUT2D eigenvalue weighted by molar-refractivity contribution is -0.147. The van der Waals surface area contributed by atoms with Gasteiger partial charge in [-0.2, -0.15) is 0 Å². The summed E-state index contributed by atoms with van der Waals surface area (Å²) >= 11 is 1.26. The summed E-state index contributed by atoms with van der Waals surface area (Å²) in [7, 11) is 0. The van der Waals surface area contributed by atoms with Crippen molar-refractivity contribution in [2.75, 3.05) is 6.54 Å². The number of aliphatic carboxylic acids is 2. The van der Waals surface area contributed by atoms with E-state index in [0.717, 1.165) is 4.88 Å². The minimum absolute atomic E-state index is 0.431. The van der Waals surface area contributed by atoms with Crippen LogP contribution in [0.2, 0.25) is 0 Å². The van der Waals surface area contributed by atoms with Gasteiger partial charge in [-0.1, -0.05) is 0 Å². The second kappa shape index (κ2) is 7.39. The Morgan fingerprint density at radius 1 is 1.24 bits per heavy atom. The van der Waals surface area contributed by atoms with Gasteiger partial charge in [0.1, 0.15) is 6.04 Å². The number of carboxylic acids is 2. The van der Waals surface area contributed by atoms with Crippen molar-refractivity contribution in [1.82, 2.24) is 10.6 Å². The minimum Gasteiger partial charge on any atom is -0.481 e. The van der Waals surface area contributed by atoms with Crippen molar-refractivity contribution in [3.8, 4) is 0 Å². The largest absolute Gasteiger partial charge is 0.481 e. The minimum atomic E-state index is -1.53. The molecule has 0 aliphatic heterocycles. The molecule has 9 heteroatoms. The van der Waals surface area contributed by atoms with Gasteiger partial charge in [-0.3, -0.25) is 14.4 Å². The molecule has 0 unspecified atom stereocenters. The second-order valence-electron chi connectivity index (χ2n) is 4.15. The molecule has 0 aromatic carbocycles. The molecule has 4 N–H and O–H groups in total. The molecule has 8 nitrogen and oxygen atoms in total. The standard InChI is InChI=1S/C12H14N2O6S/c1-6-2-3-8(21-6)11(18)13-5-9(15)14-7(12(19)20)4-10(16)17/h2-3,7H,4-5H2,1H3,(H,13,18)(H,14,15)(H,16,17)(H,19,20)/t7-/m1/s1. The van der Waals surface area contributed by atoms with Crippen LogP contribution in [0.1, 0.15) is 21.0 Å². The normalized spacial score (nSPS) is 11.5. The predicted molar refractivity (Wildman–Crippen MR) is 73.2 cm³/mol. The molecule has 0 radical (unpaired) electrons. The Morgan fingerprint density at radius 2 is 1.90 bits per heavy atom. The molecular weight excluding hydrogens is 300 g/mol. The molecule has 2 amide bonds. The summed E-state index contributed by atoms with van der Waals surface area (Å²) in [5.74, 6) is -4.02.